The second-order valence-electron chi connectivity index (χ2n) is 5.36. The van der Waals surface area contributed by atoms with Crippen molar-refractivity contribution in [1.82, 2.24) is 14.8 Å². The third kappa shape index (κ3) is 2.14. The summed E-state index contributed by atoms with van der Waals surface area (Å²) in [6.45, 7) is 0. The van der Waals surface area contributed by atoms with Crippen LogP contribution in [-0.2, 0) is 7.05 Å². The zero-order chi connectivity index (χ0) is 16.0. The number of pyridine rings is 1. The van der Waals surface area contributed by atoms with Gasteiger partial charge in [0.1, 0.15) is 16.8 Å². The highest BCUT2D eigenvalue weighted by molar-refractivity contribution is 6.41. The molecule has 0 radical (unpaired) electrons. The Labute approximate surface area is 138 Å². The number of nitrogens with zero attached hydrogens (tertiary/aromatic N) is 3. The van der Waals surface area contributed by atoms with Crippen LogP contribution in [0.3, 0.4) is 0 Å². The molecule has 0 bridgehead atoms. The standard InChI is InChI=1S/C18H14ClN3O/c1-22-18-15(10-20-22)21-14-8-4-7-13(16(14)17(18)19)11-5-3-6-12(9-11)23-2/h3-10H,1-2H3. The van der Waals surface area contributed by atoms with Crippen molar-refractivity contribution in [3.63, 3.8) is 0 Å². The maximum atomic E-state index is 6.72. The molecule has 2 heterocycles. The van der Waals surface area contributed by atoms with E-state index in [2.05, 4.69) is 10.1 Å². The molecule has 5 heteroatoms. The molecular formula is C18H14ClN3O. The van der Waals surface area contributed by atoms with Gasteiger partial charge in [-0.3, -0.25) is 4.68 Å². The van der Waals surface area contributed by atoms with E-state index in [9.17, 15) is 0 Å². The molecule has 0 spiro atoms. The van der Waals surface area contributed by atoms with Crippen molar-refractivity contribution in [1.29, 1.82) is 0 Å². The minimum Gasteiger partial charge on any atom is -0.497 e. The summed E-state index contributed by atoms with van der Waals surface area (Å²) >= 11 is 6.72. The van der Waals surface area contributed by atoms with Gasteiger partial charge in [-0.25, -0.2) is 4.98 Å². The van der Waals surface area contributed by atoms with E-state index >= 15 is 0 Å². The van der Waals surface area contributed by atoms with Crippen molar-refractivity contribution in [2.24, 2.45) is 7.05 Å². The molecule has 2 aromatic carbocycles. The molecule has 0 saturated heterocycles. The highest BCUT2D eigenvalue weighted by Crippen LogP contribution is 2.37. The van der Waals surface area contributed by atoms with Gasteiger partial charge in [0.15, 0.2) is 0 Å². The van der Waals surface area contributed by atoms with Crippen molar-refractivity contribution < 1.29 is 4.74 Å². The Morgan fingerprint density at radius 1 is 1.09 bits per heavy atom. The Hall–Kier alpha value is -2.59. The van der Waals surface area contributed by atoms with Crippen molar-refractivity contribution in [2.45, 2.75) is 0 Å². The van der Waals surface area contributed by atoms with Gasteiger partial charge in [-0.1, -0.05) is 35.9 Å². The minimum atomic E-state index is 0.670. The Morgan fingerprint density at radius 3 is 2.74 bits per heavy atom. The van der Waals surface area contributed by atoms with Gasteiger partial charge in [-0.2, -0.15) is 5.10 Å². The monoisotopic (exact) mass is 323 g/mol. The Balaban J connectivity index is 2.10. The van der Waals surface area contributed by atoms with Crippen LogP contribution in [0.25, 0.3) is 33.1 Å². The molecule has 23 heavy (non-hydrogen) atoms. The van der Waals surface area contributed by atoms with E-state index in [0.717, 1.165) is 38.8 Å². The highest BCUT2D eigenvalue weighted by atomic mass is 35.5. The fraction of sp³-hybridized carbons (Fsp3) is 0.111. The number of hydrogen-bond donors (Lipinski definition) is 0. The lowest BCUT2D eigenvalue weighted by Gasteiger charge is -2.10. The molecule has 0 unspecified atom stereocenters. The third-order valence-electron chi connectivity index (χ3n) is 4.01. The lowest BCUT2D eigenvalue weighted by molar-refractivity contribution is 0.415. The fourth-order valence-electron chi connectivity index (χ4n) is 2.91. The van der Waals surface area contributed by atoms with Crippen LogP contribution in [0, 0.1) is 0 Å². The van der Waals surface area contributed by atoms with E-state index < -0.39 is 0 Å². The van der Waals surface area contributed by atoms with Crippen LogP contribution in [0.4, 0.5) is 0 Å². The van der Waals surface area contributed by atoms with Crippen molar-refractivity contribution in [3.8, 4) is 16.9 Å². The number of aromatic nitrogens is 3. The molecule has 4 rings (SSSR count). The zero-order valence-corrected chi connectivity index (χ0v) is 13.5. The molecule has 114 valence electrons. The van der Waals surface area contributed by atoms with Crippen LogP contribution in [-0.4, -0.2) is 21.9 Å². The number of fused-ring (bicyclic) bond motifs is 2. The van der Waals surface area contributed by atoms with E-state index in [0.29, 0.717) is 5.02 Å². The van der Waals surface area contributed by atoms with Gasteiger partial charge in [-0.15, -0.1) is 0 Å². The highest BCUT2D eigenvalue weighted by Gasteiger charge is 2.15. The maximum Gasteiger partial charge on any atom is 0.119 e. The van der Waals surface area contributed by atoms with Crippen LogP contribution in [0.5, 0.6) is 5.75 Å². The van der Waals surface area contributed by atoms with Gasteiger partial charge in [0.2, 0.25) is 0 Å². The number of hydrogen-bond acceptors (Lipinski definition) is 3. The van der Waals surface area contributed by atoms with Gasteiger partial charge in [0.05, 0.1) is 23.8 Å². The molecule has 0 saturated carbocycles. The average Bonchev–Trinajstić information content (AvgIpc) is 2.95. The lowest BCUT2D eigenvalue weighted by Crippen LogP contribution is -1.93. The first-order valence-electron chi connectivity index (χ1n) is 7.23. The summed E-state index contributed by atoms with van der Waals surface area (Å²) in [6.07, 6.45) is 1.73. The van der Waals surface area contributed by atoms with E-state index in [-0.39, 0.29) is 0 Å². The van der Waals surface area contributed by atoms with E-state index in [1.54, 1.807) is 18.0 Å². The quantitative estimate of drug-likeness (QED) is 0.547. The molecule has 0 aliphatic carbocycles. The summed E-state index contributed by atoms with van der Waals surface area (Å²) < 4.78 is 7.09. The molecule has 4 aromatic rings. The number of aryl methyl sites for hydroxylation is 1. The largest absolute Gasteiger partial charge is 0.497 e. The van der Waals surface area contributed by atoms with Gasteiger partial charge in [0.25, 0.3) is 0 Å². The molecule has 0 fully saturated rings. The lowest BCUT2D eigenvalue weighted by atomic mass is 10.00. The number of methoxy groups -OCH3 is 1. The van der Waals surface area contributed by atoms with Crippen LogP contribution in [0.1, 0.15) is 0 Å². The molecule has 0 atom stereocenters. The molecule has 0 N–H and O–H groups in total. The topological polar surface area (TPSA) is 39.9 Å². The summed E-state index contributed by atoms with van der Waals surface area (Å²) in [5.41, 5.74) is 4.57. The Kier molecular flexibility index (Phi) is 3.20. The van der Waals surface area contributed by atoms with Crippen LogP contribution in [0.15, 0.2) is 48.7 Å². The number of halogens is 1. The summed E-state index contributed by atoms with van der Waals surface area (Å²) in [5.74, 6) is 0.810. The minimum absolute atomic E-state index is 0.670. The van der Waals surface area contributed by atoms with Gasteiger partial charge in [0, 0.05) is 12.4 Å². The van der Waals surface area contributed by atoms with Gasteiger partial charge >= 0.3 is 0 Å². The average molecular weight is 324 g/mol. The van der Waals surface area contributed by atoms with E-state index in [1.807, 2.05) is 49.5 Å². The van der Waals surface area contributed by atoms with E-state index in [4.69, 9.17) is 16.3 Å². The summed E-state index contributed by atoms with van der Waals surface area (Å²) in [5, 5.41) is 5.86. The molecular weight excluding hydrogens is 310 g/mol. The van der Waals surface area contributed by atoms with Crippen molar-refractivity contribution in [2.75, 3.05) is 7.11 Å². The third-order valence-corrected chi connectivity index (χ3v) is 4.38. The maximum absolute atomic E-state index is 6.72. The Bertz CT molecular complexity index is 1040. The first kappa shape index (κ1) is 14.0. The number of ether oxygens (including phenoxy) is 1. The fourth-order valence-corrected chi connectivity index (χ4v) is 3.32. The second kappa shape index (κ2) is 5.25. The molecule has 2 aromatic heterocycles. The predicted molar refractivity (Wildman–Crippen MR) is 93.0 cm³/mol. The summed E-state index contributed by atoms with van der Waals surface area (Å²) in [6, 6.07) is 13.9. The van der Waals surface area contributed by atoms with E-state index in [1.165, 1.54) is 0 Å². The van der Waals surface area contributed by atoms with Crippen molar-refractivity contribution >= 4 is 33.5 Å². The Morgan fingerprint density at radius 2 is 1.91 bits per heavy atom. The van der Waals surface area contributed by atoms with Crippen molar-refractivity contribution in [3.05, 3.63) is 53.7 Å². The van der Waals surface area contributed by atoms with Gasteiger partial charge < -0.3 is 4.74 Å². The number of rotatable bonds is 2. The normalized spacial score (nSPS) is 11.3. The summed E-state index contributed by atoms with van der Waals surface area (Å²) in [7, 11) is 3.53. The first-order chi connectivity index (χ1) is 11.2. The summed E-state index contributed by atoms with van der Waals surface area (Å²) in [4.78, 5) is 4.69. The van der Waals surface area contributed by atoms with Gasteiger partial charge in [-0.05, 0) is 29.3 Å². The van der Waals surface area contributed by atoms with Crippen LogP contribution in [0.2, 0.25) is 5.02 Å². The molecule has 0 aliphatic heterocycles. The zero-order valence-electron chi connectivity index (χ0n) is 12.7. The van der Waals surface area contributed by atoms with Crippen LogP contribution >= 0.6 is 11.6 Å². The van der Waals surface area contributed by atoms with Crippen LogP contribution < -0.4 is 4.74 Å². The predicted octanol–water partition coefficient (Wildman–Crippen LogP) is 4.45. The first-order valence-corrected chi connectivity index (χ1v) is 7.61. The molecule has 4 nitrogen and oxygen atoms in total. The number of benzene rings is 2. The molecule has 0 amide bonds. The smallest absolute Gasteiger partial charge is 0.119 e. The SMILES string of the molecule is COc1cccc(-c2cccc3nc4cnn(C)c4c(Cl)c23)c1. The molecule has 0 aliphatic rings. The second-order valence-corrected chi connectivity index (χ2v) is 5.74.